The van der Waals surface area contributed by atoms with E-state index < -0.39 is 0 Å². The second-order valence-electron chi connectivity index (χ2n) is 4.06. The number of halogens is 1. The maximum absolute atomic E-state index is 13.3. The van der Waals surface area contributed by atoms with Gasteiger partial charge in [-0.05, 0) is 26.0 Å². The number of methoxy groups -OCH3 is 1. The smallest absolute Gasteiger partial charge is 0.167 e. The van der Waals surface area contributed by atoms with E-state index in [0.717, 1.165) is 0 Å². The SMILES string of the molecule is COc1ccc(NC(C)(C)CN)cc1F. The third-order valence-electron chi connectivity index (χ3n) is 2.14. The molecule has 1 aromatic carbocycles. The van der Waals surface area contributed by atoms with E-state index >= 15 is 0 Å². The van der Waals surface area contributed by atoms with Crippen LogP contribution in [0.25, 0.3) is 0 Å². The Bertz CT molecular complexity index is 339. The maximum Gasteiger partial charge on any atom is 0.167 e. The van der Waals surface area contributed by atoms with Gasteiger partial charge < -0.3 is 15.8 Å². The van der Waals surface area contributed by atoms with E-state index in [-0.39, 0.29) is 17.1 Å². The molecule has 15 heavy (non-hydrogen) atoms. The second kappa shape index (κ2) is 4.49. The highest BCUT2D eigenvalue weighted by molar-refractivity contribution is 5.49. The molecular formula is C11H17FN2O. The predicted octanol–water partition coefficient (Wildman–Crippen LogP) is 1.98. The standard InChI is InChI=1S/C11H17FN2O/c1-11(2,7-13)14-8-4-5-10(15-3)9(12)6-8/h4-6,14H,7,13H2,1-3H3. The Hall–Kier alpha value is -1.29. The summed E-state index contributed by atoms with van der Waals surface area (Å²) in [5.41, 5.74) is 6.02. The van der Waals surface area contributed by atoms with E-state index in [2.05, 4.69) is 5.32 Å². The molecule has 0 aromatic heterocycles. The highest BCUT2D eigenvalue weighted by atomic mass is 19.1. The summed E-state index contributed by atoms with van der Waals surface area (Å²) in [4.78, 5) is 0. The molecule has 0 heterocycles. The van der Waals surface area contributed by atoms with Crippen molar-refractivity contribution in [3.8, 4) is 5.75 Å². The topological polar surface area (TPSA) is 47.3 Å². The Balaban J connectivity index is 2.84. The molecule has 4 heteroatoms. The van der Waals surface area contributed by atoms with Gasteiger partial charge in [-0.25, -0.2) is 4.39 Å². The number of nitrogens with one attached hydrogen (secondary N) is 1. The van der Waals surface area contributed by atoms with Crippen molar-refractivity contribution in [2.45, 2.75) is 19.4 Å². The van der Waals surface area contributed by atoms with Crippen LogP contribution < -0.4 is 15.8 Å². The summed E-state index contributed by atoms with van der Waals surface area (Å²) < 4.78 is 18.2. The van der Waals surface area contributed by atoms with Gasteiger partial charge >= 0.3 is 0 Å². The Morgan fingerprint density at radius 1 is 1.47 bits per heavy atom. The molecule has 0 atom stereocenters. The van der Waals surface area contributed by atoms with Gasteiger partial charge in [0.25, 0.3) is 0 Å². The van der Waals surface area contributed by atoms with Crippen molar-refractivity contribution >= 4 is 5.69 Å². The molecule has 0 saturated heterocycles. The van der Waals surface area contributed by atoms with Crippen molar-refractivity contribution in [2.24, 2.45) is 5.73 Å². The van der Waals surface area contributed by atoms with Crippen LogP contribution >= 0.6 is 0 Å². The summed E-state index contributed by atoms with van der Waals surface area (Å²) in [6.07, 6.45) is 0. The number of benzene rings is 1. The van der Waals surface area contributed by atoms with E-state index in [9.17, 15) is 4.39 Å². The molecule has 0 unspecified atom stereocenters. The van der Waals surface area contributed by atoms with Crippen LogP contribution in [0.2, 0.25) is 0 Å². The van der Waals surface area contributed by atoms with Crippen molar-refractivity contribution in [2.75, 3.05) is 19.0 Å². The zero-order chi connectivity index (χ0) is 11.5. The number of ether oxygens (including phenoxy) is 1. The summed E-state index contributed by atoms with van der Waals surface area (Å²) in [5.74, 6) is -0.138. The molecule has 0 fully saturated rings. The first-order chi connectivity index (χ1) is 6.98. The van der Waals surface area contributed by atoms with Crippen LogP contribution in [-0.4, -0.2) is 19.2 Å². The molecule has 0 aliphatic heterocycles. The minimum atomic E-state index is -0.379. The van der Waals surface area contributed by atoms with Gasteiger partial charge in [-0.2, -0.15) is 0 Å². The third kappa shape index (κ3) is 3.09. The summed E-state index contributed by atoms with van der Waals surface area (Å²) >= 11 is 0. The fourth-order valence-corrected chi connectivity index (χ4v) is 1.19. The second-order valence-corrected chi connectivity index (χ2v) is 4.06. The van der Waals surface area contributed by atoms with Gasteiger partial charge in [-0.1, -0.05) is 0 Å². The number of hydrogen-bond donors (Lipinski definition) is 2. The molecule has 84 valence electrons. The average Bonchev–Trinajstić information content (AvgIpc) is 2.17. The van der Waals surface area contributed by atoms with E-state index in [1.807, 2.05) is 13.8 Å². The van der Waals surface area contributed by atoms with E-state index in [4.69, 9.17) is 10.5 Å². The molecule has 0 amide bonds. The van der Waals surface area contributed by atoms with Crippen LogP contribution in [0, 0.1) is 5.82 Å². The lowest BCUT2D eigenvalue weighted by Gasteiger charge is -2.25. The van der Waals surface area contributed by atoms with Crippen LogP contribution in [0.4, 0.5) is 10.1 Å². The van der Waals surface area contributed by atoms with Gasteiger partial charge in [-0.15, -0.1) is 0 Å². The first-order valence-electron chi connectivity index (χ1n) is 4.80. The Kier molecular flexibility index (Phi) is 3.52. The zero-order valence-electron chi connectivity index (χ0n) is 9.30. The number of nitrogens with two attached hydrogens (primary N) is 1. The lowest BCUT2D eigenvalue weighted by atomic mass is 10.1. The van der Waals surface area contributed by atoms with Gasteiger partial charge in [0.1, 0.15) is 0 Å². The van der Waals surface area contributed by atoms with E-state index in [1.54, 1.807) is 12.1 Å². The van der Waals surface area contributed by atoms with Crippen LogP contribution in [0.1, 0.15) is 13.8 Å². The first kappa shape index (κ1) is 11.8. The molecule has 3 N–H and O–H groups in total. The van der Waals surface area contributed by atoms with Gasteiger partial charge in [0.15, 0.2) is 11.6 Å². The van der Waals surface area contributed by atoms with Crippen molar-refractivity contribution in [1.82, 2.24) is 0 Å². The monoisotopic (exact) mass is 212 g/mol. The third-order valence-corrected chi connectivity index (χ3v) is 2.14. The Labute approximate surface area is 89.4 Å². The van der Waals surface area contributed by atoms with Crippen LogP contribution in [0.3, 0.4) is 0 Å². The molecule has 0 aliphatic carbocycles. The minimum Gasteiger partial charge on any atom is -0.494 e. The molecule has 1 rings (SSSR count). The fraction of sp³-hybridized carbons (Fsp3) is 0.455. The average molecular weight is 212 g/mol. The van der Waals surface area contributed by atoms with Crippen LogP contribution in [0.5, 0.6) is 5.75 Å². The molecule has 0 aliphatic rings. The maximum atomic E-state index is 13.3. The Morgan fingerprint density at radius 2 is 2.13 bits per heavy atom. The lowest BCUT2D eigenvalue weighted by Crippen LogP contribution is -2.39. The number of hydrogen-bond acceptors (Lipinski definition) is 3. The molecule has 3 nitrogen and oxygen atoms in total. The summed E-state index contributed by atoms with van der Waals surface area (Å²) in [6.45, 7) is 4.38. The van der Waals surface area contributed by atoms with E-state index in [0.29, 0.717) is 12.2 Å². The van der Waals surface area contributed by atoms with Crippen molar-refractivity contribution in [1.29, 1.82) is 0 Å². The normalized spacial score (nSPS) is 11.3. The van der Waals surface area contributed by atoms with Crippen molar-refractivity contribution < 1.29 is 9.13 Å². The molecule has 0 spiro atoms. The molecule has 0 saturated carbocycles. The van der Waals surface area contributed by atoms with Crippen molar-refractivity contribution in [3.63, 3.8) is 0 Å². The highest BCUT2D eigenvalue weighted by Gasteiger charge is 2.15. The van der Waals surface area contributed by atoms with Gasteiger partial charge in [0.05, 0.1) is 7.11 Å². The zero-order valence-corrected chi connectivity index (χ0v) is 9.30. The van der Waals surface area contributed by atoms with Gasteiger partial charge in [0.2, 0.25) is 0 Å². The number of anilines is 1. The van der Waals surface area contributed by atoms with Gasteiger partial charge in [-0.3, -0.25) is 0 Å². The van der Waals surface area contributed by atoms with Crippen LogP contribution in [-0.2, 0) is 0 Å². The van der Waals surface area contributed by atoms with Crippen molar-refractivity contribution in [3.05, 3.63) is 24.0 Å². The van der Waals surface area contributed by atoms with Crippen LogP contribution in [0.15, 0.2) is 18.2 Å². The summed E-state index contributed by atoms with van der Waals surface area (Å²) in [5, 5.41) is 3.14. The van der Waals surface area contributed by atoms with E-state index in [1.165, 1.54) is 13.2 Å². The minimum absolute atomic E-state index is 0.242. The summed E-state index contributed by atoms with van der Waals surface area (Å²) in [7, 11) is 1.44. The molecule has 1 aromatic rings. The fourth-order valence-electron chi connectivity index (χ4n) is 1.19. The number of rotatable bonds is 4. The van der Waals surface area contributed by atoms with Gasteiger partial charge in [0, 0.05) is 23.8 Å². The predicted molar refractivity (Wildman–Crippen MR) is 59.7 cm³/mol. The highest BCUT2D eigenvalue weighted by Crippen LogP contribution is 2.22. The quantitative estimate of drug-likeness (QED) is 0.802. The molecular weight excluding hydrogens is 195 g/mol. The first-order valence-corrected chi connectivity index (χ1v) is 4.80. The largest absolute Gasteiger partial charge is 0.494 e. The lowest BCUT2D eigenvalue weighted by molar-refractivity contribution is 0.386. The molecule has 0 bridgehead atoms. The Morgan fingerprint density at radius 3 is 2.60 bits per heavy atom. The summed E-state index contributed by atoms with van der Waals surface area (Å²) in [6, 6.07) is 4.75. The molecule has 0 radical (unpaired) electrons.